The number of hydrogen-bond donors (Lipinski definition) is 2. The maximum Gasteiger partial charge on any atom is 0.408 e. The maximum atomic E-state index is 12.4. The lowest BCUT2D eigenvalue weighted by Gasteiger charge is -2.19. The molecule has 3 rings (SSSR count). The van der Waals surface area contributed by atoms with Gasteiger partial charge in [-0.25, -0.2) is 15.1 Å². The number of rotatable bonds is 6. The van der Waals surface area contributed by atoms with E-state index in [0.717, 1.165) is 10.5 Å². The van der Waals surface area contributed by atoms with Gasteiger partial charge >= 0.3 is 12.1 Å². The first-order valence-corrected chi connectivity index (χ1v) is 8.75. The lowest BCUT2D eigenvalue weighted by Crippen LogP contribution is -2.40. The summed E-state index contributed by atoms with van der Waals surface area (Å²) in [6, 6.07) is 16.6. The van der Waals surface area contributed by atoms with Crippen molar-refractivity contribution < 1.29 is 29.1 Å². The average Bonchev–Trinajstić information content (AvgIpc) is 3.16. The average molecular weight is 384 g/mol. The van der Waals surface area contributed by atoms with E-state index in [9.17, 15) is 19.5 Å². The minimum absolute atomic E-state index is 0.0461. The minimum Gasteiger partial charge on any atom is -0.465 e. The largest absolute Gasteiger partial charge is 0.465 e. The molecule has 0 unspecified atom stereocenters. The number of carbonyl (C=O) groups excluding carboxylic acids is 2. The van der Waals surface area contributed by atoms with Crippen LogP contribution in [0, 0.1) is 0 Å². The van der Waals surface area contributed by atoms with E-state index in [1.807, 2.05) is 30.3 Å². The first-order chi connectivity index (χ1) is 13.5. The van der Waals surface area contributed by atoms with Gasteiger partial charge in [-0.15, -0.1) is 0 Å². The van der Waals surface area contributed by atoms with Crippen molar-refractivity contribution in [2.45, 2.75) is 25.2 Å². The summed E-state index contributed by atoms with van der Waals surface area (Å²) in [5, 5.41) is 9.37. The van der Waals surface area contributed by atoms with Crippen LogP contribution in [0.15, 0.2) is 60.7 Å². The van der Waals surface area contributed by atoms with Crippen molar-refractivity contribution in [2.75, 3.05) is 6.54 Å². The van der Waals surface area contributed by atoms with E-state index in [1.54, 1.807) is 30.3 Å². The second kappa shape index (κ2) is 9.01. The van der Waals surface area contributed by atoms with E-state index < -0.39 is 30.1 Å². The van der Waals surface area contributed by atoms with Gasteiger partial charge in [0.25, 0.3) is 5.91 Å². The lowest BCUT2D eigenvalue weighted by molar-refractivity contribution is -0.149. The zero-order valence-corrected chi connectivity index (χ0v) is 15.0. The highest BCUT2D eigenvalue weighted by Crippen LogP contribution is 2.22. The summed E-state index contributed by atoms with van der Waals surface area (Å²) >= 11 is 0. The van der Waals surface area contributed by atoms with Gasteiger partial charge in [-0.3, -0.25) is 14.5 Å². The lowest BCUT2D eigenvalue weighted by atomic mass is 10.2. The van der Waals surface area contributed by atoms with Gasteiger partial charge in [0.2, 0.25) is 0 Å². The van der Waals surface area contributed by atoms with Gasteiger partial charge in [0.05, 0.1) is 6.54 Å². The van der Waals surface area contributed by atoms with E-state index in [0.29, 0.717) is 5.56 Å². The minimum atomic E-state index is -1.25. The SMILES string of the molecule is O=C(NO[C@H]1C[C@H](C(=O)OCc2ccccc2)N(C(=O)O)C1)c1ccccc1. The Morgan fingerprint density at radius 3 is 2.32 bits per heavy atom. The first-order valence-electron chi connectivity index (χ1n) is 8.75. The molecule has 0 bridgehead atoms. The Bertz CT molecular complexity index is 827. The quantitative estimate of drug-likeness (QED) is 0.584. The molecule has 0 radical (unpaired) electrons. The highest BCUT2D eigenvalue weighted by atomic mass is 16.7. The van der Waals surface area contributed by atoms with E-state index in [-0.39, 0.29) is 19.6 Å². The van der Waals surface area contributed by atoms with Gasteiger partial charge in [-0.05, 0) is 17.7 Å². The molecule has 2 N–H and O–H groups in total. The molecule has 0 spiro atoms. The number of carbonyl (C=O) groups is 3. The van der Waals surface area contributed by atoms with Gasteiger partial charge in [0.1, 0.15) is 18.8 Å². The molecular formula is C20H20N2O6. The Morgan fingerprint density at radius 1 is 1.04 bits per heavy atom. The van der Waals surface area contributed by atoms with Gasteiger partial charge in [-0.1, -0.05) is 48.5 Å². The molecule has 2 aromatic carbocycles. The molecule has 28 heavy (non-hydrogen) atoms. The fourth-order valence-electron chi connectivity index (χ4n) is 2.93. The Balaban J connectivity index is 1.55. The van der Waals surface area contributed by atoms with Crippen molar-refractivity contribution in [1.29, 1.82) is 0 Å². The summed E-state index contributed by atoms with van der Waals surface area (Å²) in [4.78, 5) is 42.2. The maximum absolute atomic E-state index is 12.4. The Labute approximate surface area is 161 Å². The molecule has 2 amide bonds. The van der Waals surface area contributed by atoms with Crippen LogP contribution in [0.3, 0.4) is 0 Å². The molecule has 0 aliphatic carbocycles. The summed E-state index contributed by atoms with van der Waals surface area (Å²) in [5.41, 5.74) is 3.52. The third kappa shape index (κ3) is 4.86. The van der Waals surface area contributed by atoms with E-state index in [1.165, 1.54) is 0 Å². The first kappa shape index (κ1) is 19.4. The number of esters is 1. The van der Waals surface area contributed by atoms with Crippen molar-refractivity contribution in [1.82, 2.24) is 10.4 Å². The third-order valence-electron chi connectivity index (χ3n) is 4.36. The summed E-state index contributed by atoms with van der Waals surface area (Å²) in [7, 11) is 0. The van der Waals surface area contributed by atoms with Crippen LogP contribution in [0.5, 0.6) is 0 Å². The van der Waals surface area contributed by atoms with Crippen molar-refractivity contribution in [3.05, 3.63) is 71.8 Å². The van der Waals surface area contributed by atoms with Crippen LogP contribution in [-0.4, -0.2) is 46.7 Å². The molecule has 2 aromatic rings. The normalized spacial score (nSPS) is 18.5. The van der Waals surface area contributed by atoms with Crippen molar-refractivity contribution in [3.8, 4) is 0 Å². The molecule has 1 aliphatic rings. The van der Waals surface area contributed by atoms with Crippen LogP contribution < -0.4 is 5.48 Å². The molecule has 8 heteroatoms. The molecule has 0 aromatic heterocycles. The molecule has 146 valence electrons. The molecule has 1 heterocycles. The molecule has 1 fully saturated rings. The molecule has 1 saturated heterocycles. The second-order valence-electron chi connectivity index (χ2n) is 6.32. The third-order valence-corrected chi connectivity index (χ3v) is 4.36. The van der Waals surface area contributed by atoms with Crippen LogP contribution in [0.2, 0.25) is 0 Å². The van der Waals surface area contributed by atoms with Crippen LogP contribution in [0.4, 0.5) is 4.79 Å². The number of benzene rings is 2. The second-order valence-corrected chi connectivity index (χ2v) is 6.32. The van der Waals surface area contributed by atoms with Gasteiger partial charge < -0.3 is 9.84 Å². The predicted octanol–water partition coefficient (Wildman–Crippen LogP) is 2.21. The Morgan fingerprint density at radius 2 is 1.68 bits per heavy atom. The van der Waals surface area contributed by atoms with E-state index in [2.05, 4.69) is 5.48 Å². The summed E-state index contributed by atoms with van der Waals surface area (Å²) in [6.45, 7) is 0.00933. The number of hydrogen-bond acceptors (Lipinski definition) is 5. The van der Waals surface area contributed by atoms with Crippen LogP contribution in [-0.2, 0) is 21.0 Å². The molecule has 1 aliphatic heterocycles. The van der Waals surface area contributed by atoms with Gasteiger partial charge in [0.15, 0.2) is 0 Å². The van der Waals surface area contributed by atoms with Crippen molar-refractivity contribution in [3.63, 3.8) is 0 Å². The van der Waals surface area contributed by atoms with Gasteiger partial charge in [-0.2, -0.15) is 0 Å². The Kier molecular flexibility index (Phi) is 6.23. The summed E-state index contributed by atoms with van der Waals surface area (Å²) in [6.07, 6.45) is -1.81. The fourth-order valence-corrected chi connectivity index (χ4v) is 2.93. The van der Waals surface area contributed by atoms with Crippen molar-refractivity contribution in [2.24, 2.45) is 0 Å². The molecule has 0 saturated carbocycles. The smallest absolute Gasteiger partial charge is 0.408 e. The number of hydroxylamine groups is 1. The summed E-state index contributed by atoms with van der Waals surface area (Å²) < 4.78 is 5.25. The number of nitrogens with one attached hydrogen (secondary N) is 1. The van der Waals surface area contributed by atoms with E-state index in [4.69, 9.17) is 9.57 Å². The zero-order chi connectivity index (χ0) is 19.9. The molecule has 8 nitrogen and oxygen atoms in total. The van der Waals surface area contributed by atoms with Crippen LogP contribution in [0.25, 0.3) is 0 Å². The van der Waals surface area contributed by atoms with Crippen LogP contribution in [0.1, 0.15) is 22.3 Å². The molecular weight excluding hydrogens is 364 g/mol. The standard InChI is InChI=1S/C20H20N2O6/c23-18(15-9-5-2-6-10-15)21-28-16-11-17(22(12-16)20(25)26)19(24)27-13-14-7-3-1-4-8-14/h1-10,16-17H,11-13H2,(H,21,23)(H,25,26)/t16-,17+/m0/s1. The number of amides is 2. The number of carboxylic acid groups (broad SMARTS) is 1. The predicted molar refractivity (Wildman–Crippen MR) is 98.2 cm³/mol. The topological polar surface area (TPSA) is 105 Å². The van der Waals surface area contributed by atoms with Gasteiger partial charge in [0, 0.05) is 12.0 Å². The number of nitrogens with zero attached hydrogens (tertiary/aromatic N) is 1. The number of likely N-dealkylation sites (tertiary alicyclic amines) is 1. The molecule has 2 atom stereocenters. The highest BCUT2D eigenvalue weighted by molar-refractivity contribution is 5.93. The van der Waals surface area contributed by atoms with Crippen molar-refractivity contribution >= 4 is 18.0 Å². The fraction of sp³-hybridized carbons (Fsp3) is 0.250. The highest BCUT2D eigenvalue weighted by Gasteiger charge is 2.41. The number of ether oxygens (including phenoxy) is 1. The monoisotopic (exact) mass is 384 g/mol. The Hall–Kier alpha value is -3.39. The van der Waals surface area contributed by atoms with E-state index >= 15 is 0 Å². The zero-order valence-electron chi connectivity index (χ0n) is 15.0. The van der Waals surface area contributed by atoms with Crippen LogP contribution >= 0.6 is 0 Å². The summed E-state index contributed by atoms with van der Waals surface area (Å²) in [5.74, 6) is -1.09.